The van der Waals surface area contributed by atoms with Crippen molar-refractivity contribution in [3.8, 4) is 0 Å². The topological polar surface area (TPSA) is 55.2 Å². The van der Waals surface area contributed by atoms with Crippen LogP contribution >= 0.6 is 34.4 Å². The Balaban J connectivity index is 1.39. The summed E-state index contributed by atoms with van der Waals surface area (Å²) in [5.41, 5.74) is 1.44. The van der Waals surface area contributed by atoms with Gasteiger partial charge in [-0.25, -0.2) is 9.97 Å². The number of thioether (sulfide) groups is 1. The fourth-order valence-corrected chi connectivity index (χ4v) is 6.26. The minimum atomic E-state index is -0.500. The number of aromatic nitrogens is 2. The molecule has 0 radical (unpaired) electrons. The van der Waals surface area contributed by atoms with Crippen LogP contribution in [-0.2, 0) is 24.2 Å². The summed E-state index contributed by atoms with van der Waals surface area (Å²) in [4.78, 5) is 12.7. The molecule has 0 spiro atoms. The van der Waals surface area contributed by atoms with Gasteiger partial charge in [0.25, 0.3) is 0 Å². The SMILES string of the molecule is C[C@H]1CCc2c(sc3ncnc(SC[C@@H](O)COCc4cccs4)c23)C1. The third kappa shape index (κ3) is 4.12. The second kappa shape index (κ2) is 8.35. The molecule has 4 rings (SSSR count). The second-order valence-electron chi connectivity index (χ2n) is 6.77. The summed E-state index contributed by atoms with van der Waals surface area (Å²) in [5, 5.41) is 14.5. The molecular formula is C19H22N2O2S3. The Labute approximate surface area is 165 Å². The Morgan fingerprint density at radius 1 is 1.42 bits per heavy atom. The van der Waals surface area contributed by atoms with Crippen LogP contribution in [0.3, 0.4) is 0 Å². The van der Waals surface area contributed by atoms with Gasteiger partial charge in [-0.15, -0.1) is 34.4 Å². The average molecular weight is 407 g/mol. The van der Waals surface area contributed by atoms with E-state index in [1.165, 1.54) is 27.1 Å². The summed E-state index contributed by atoms with van der Waals surface area (Å²) in [6.07, 6.45) is 4.65. The van der Waals surface area contributed by atoms with E-state index in [1.54, 1.807) is 29.4 Å². The van der Waals surface area contributed by atoms with Gasteiger partial charge < -0.3 is 9.84 Å². The molecule has 138 valence electrons. The molecular weight excluding hydrogens is 384 g/mol. The number of hydrogen-bond donors (Lipinski definition) is 1. The first-order valence-corrected chi connectivity index (χ1v) is 11.5. The molecule has 3 aromatic rings. The highest BCUT2D eigenvalue weighted by molar-refractivity contribution is 7.99. The van der Waals surface area contributed by atoms with Crippen LogP contribution in [0.2, 0.25) is 0 Å². The lowest BCUT2D eigenvalue weighted by molar-refractivity contribution is 0.0409. The lowest BCUT2D eigenvalue weighted by atomic mass is 9.89. The molecule has 0 amide bonds. The number of hydrogen-bond acceptors (Lipinski definition) is 7. The predicted molar refractivity (Wildman–Crippen MR) is 109 cm³/mol. The van der Waals surface area contributed by atoms with E-state index in [-0.39, 0.29) is 0 Å². The third-order valence-electron chi connectivity index (χ3n) is 4.60. The molecule has 3 heterocycles. The molecule has 0 aliphatic heterocycles. The summed E-state index contributed by atoms with van der Waals surface area (Å²) in [7, 11) is 0. The number of aliphatic hydroxyl groups is 1. The van der Waals surface area contributed by atoms with E-state index >= 15 is 0 Å². The van der Waals surface area contributed by atoms with Gasteiger partial charge in [0.15, 0.2) is 0 Å². The van der Waals surface area contributed by atoms with Crippen molar-refractivity contribution in [1.29, 1.82) is 0 Å². The normalized spacial score (nSPS) is 18.2. The summed E-state index contributed by atoms with van der Waals surface area (Å²) in [6, 6.07) is 4.06. The van der Waals surface area contributed by atoms with E-state index in [0.717, 1.165) is 28.6 Å². The number of nitrogens with zero attached hydrogens (tertiary/aromatic N) is 2. The molecule has 0 bridgehead atoms. The molecule has 3 aromatic heterocycles. The Morgan fingerprint density at radius 3 is 3.19 bits per heavy atom. The summed E-state index contributed by atoms with van der Waals surface area (Å²) < 4.78 is 5.62. The maximum absolute atomic E-state index is 10.3. The second-order valence-corrected chi connectivity index (χ2v) is 9.89. The minimum Gasteiger partial charge on any atom is -0.390 e. The Kier molecular flexibility index (Phi) is 5.90. The van der Waals surface area contributed by atoms with E-state index in [2.05, 4.69) is 16.9 Å². The zero-order valence-corrected chi connectivity index (χ0v) is 17.1. The van der Waals surface area contributed by atoms with Crippen molar-refractivity contribution in [1.82, 2.24) is 9.97 Å². The van der Waals surface area contributed by atoms with Gasteiger partial charge in [0.05, 0.1) is 19.3 Å². The zero-order chi connectivity index (χ0) is 17.9. The van der Waals surface area contributed by atoms with Crippen molar-refractivity contribution in [2.24, 2.45) is 5.92 Å². The fraction of sp³-hybridized carbons (Fsp3) is 0.474. The summed E-state index contributed by atoms with van der Waals surface area (Å²) >= 11 is 5.10. The lowest BCUT2D eigenvalue weighted by Gasteiger charge is -2.18. The quantitative estimate of drug-likeness (QED) is 0.461. The van der Waals surface area contributed by atoms with Crippen LogP contribution in [0.5, 0.6) is 0 Å². The molecule has 1 N–H and O–H groups in total. The van der Waals surface area contributed by atoms with Crippen LogP contribution in [0.15, 0.2) is 28.9 Å². The first-order chi connectivity index (χ1) is 12.7. The Bertz CT molecular complexity index is 863. The van der Waals surface area contributed by atoms with Crippen molar-refractivity contribution in [3.63, 3.8) is 0 Å². The molecule has 0 saturated heterocycles. The fourth-order valence-electron chi connectivity index (χ4n) is 3.27. The highest BCUT2D eigenvalue weighted by Crippen LogP contribution is 2.40. The molecule has 2 atom stereocenters. The van der Waals surface area contributed by atoms with Gasteiger partial charge >= 0.3 is 0 Å². The standard InChI is InChI=1S/C19H22N2O2S3/c1-12-4-5-15-16(7-12)26-19-17(15)18(20-11-21-19)25-10-13(22)8-23-9-14-3-2-6-24-14/h2-3,6,11-13,22H,4-5,7-10H2,1H3/t12-,13-/m0/s1. The number of aryl methyl sites for hydroxylation is 1. The molecule has 1 aliphatic carbocycles. The summed E-state index contributed by atoms with van der Waals surface area (Å²) in [5.74, 6) is 1.33. The summed E-state index contributed by atoms with van der Waals surface area (Å²) in [6.45, 7) is 3.23. The number of ether oxygens (including phenoxy) is 1. The first-order valence-electron chi connectivity index (χ1n) is 8.87. The monoisotopic (exact) mass is 406 g/mol. The molecule has 0 saturated carbocycles. The predicted octanol–water partition coefficient (Wildman–Crippen LogP) is 4.55. The van der Waals surface area contributed by atoms with Crippen molar-refractivity contribution < 1.29 is 9.84 Å². The molecule has 0 unspecified atom stereocenters. The largest absolute Gasteiger partial charge is 0.390 e. The van der Waals surface area contributed by atoms with E-state index in [4.69, 9.17) is 4.74 Å². The molecule has 7 heteroatoms. The maximum atomic E-state index is 10.3. The minimum absolute atomic E-state index is 0.346. The van der Waals surface area contributed by atoms with Crippen molar-refractivity contribution in [2.75, 3.05) is 12.4 Å². The number of rotatable bonds is 7. The van der Waals surface area contributed by atoms with E-state index in [9.17, 15) is 5.11 Å². The zero-order valence-electron chi connectivity index (χ0n) is 14.7. The van der Waals surface area contributed by atoms with Crippen LogP contribution in [0.4, 0.5) is 0 Å². The number of thiophene rings is 2. The van der Waals surface area contributed by atoms with Crippen molar-refractivity contribution >= 4 is 44.7 Å². The van der Waals surface area contributed by atoms with Crippen LogP contribution in [-0.4, -0.2) is 33.5 Å². The number of aliphatic hydroxyl groups excluding tert-OH is 1. The maximum Gasteiger partial charge on any atom is 0.128 e. The van der Waals surface area contributed by atoms with Gasteiger partial charge in [0.2, 0.25) is 0 Å². The first kappa shape index (κ1) is 18.4. The Hall–Kier alpha value is -0.990. The van der Waals surface area contributed by atoms with Crippen LogP contribution < -0.4 is 0 Å². The Morgan fingerprint density at radius 2 is 2.35 bits per heavy atom. The lowest BCUT2D eigenvalue weighted by Crippen LogP contribution is -2.18. The van der Waals surface area contributed by atoms with E-state index in [0.29, 0.717) is 19.0 Å². The van der Waals surface area contributed by atoms with Crippen LogP contribution in [0.25, 0.3) is 10.2 Å². The van der Waals surface area contributed by atoms with Gasteiger partial charge in [-0.1, -0.05) is 13.0 Å². The molecule has 0 fully saturated rings. The van der Waals surface area contributed by atoms with Crippen LogP contribution in [0.1, 0.15) is 28.7 Å². The molecule has 26 heavy (non-hydrogen) atoms. The van der Waals surface area contributed by atoms with Gasteiger partial charge in [-0.2, -0.15) is 0 Å². The van der Waals surface area contributed by atoms with Gasteiger partial charge in [-0.05, 0) is 42.2 Å². The molecule has 1 aliphatic rings. The molecule has 4 nitrogen and oxygen atoms in total. The van der Waals surface area contributed by atoms with Gasteiger partial charge in [-0.3, -0.25) is 0 Å². The van der Waals surface area contributed by atoms with Crippen LogP contribution in [0, 0.1) is 5.92 Å². The molecule has 0 aromatic carbocycles. The van der Waals surface area contributed by atoms with E-state index in [1.807, 2.05) is 28.8 Å². The van der Waals surface area contributed by atoms with Crippen molar-refractivity contribution in [3.05, 3.63) is 39.2 Å². The highest BCUT2D eigenvalue weighted by Gasteiger charge is 2.23. The number of fused-ring (bicyclic) bond motifs is 3. The van der Waals surface area contributed by atoms with E-state index < -0.39 is 6.10 Å². The average Bonchev–Trinajstić information content (AvgIpc) is 3.26. The van der Waals surface area contributed by atoms with Gasteiger partial charge in [0.1, 0.15) is 16.2 Å². The van der Waals surface area contributed by atoms with Crippen molar-refractivity contribution in [2.45, 2.75) is 43.9 Å². The third-order valence-corrected chi connectivity index (χ3v) is 7.75. The smallest absolute Gasteiger partial charge is 0.128 e. The highest BCUT2D eigenvalue weighted by atomic mass is 32.2. The van der Waals surface area contributed by atoms with Gasteiger partial charge in [0, 0.05) is 20.9 Å².